The molecule has 2 aromatic rings. The molecule has 0 bridgehead atoms. The molecule has 2 aromatic carbocycles. The van der Waals surface area contributed by atoms with Gasteiger partial charge in [-0.15, -0.1) is 0 Å². The van der Waals surface area contributed by atoms with Crippen LogP contribution in [-0.4, -0.2) is 41.4 Å². The minimum Gasteiger partial charge on any atom is -0.467 e. The molecule has 162 valence electrons. The summed E-state index contributed by atoms with van der Waals surface area (Å²) in [7, 11) is 1.31. The van der Waals surface area contributed by atoms with Crippen LogP contribution in [0.2, 0.25) is 0 Å². The fourth-order valence-corrected chi connectivity index (χ4v) is 5.20. The van der Waals surface area contributed by atoms with Gasteiger partial charge in [0.25, 0.3) is 5.91 Å². The number of hydrogen-bond donors (Lipinski definition) is 1. The summed E-state index contributed by atoms with van der Waals surface area (Å²) in [6.07, 6.45) is 3.42. The quantitative estimate of drug-likeness (QED) is 0.752. The number of carbonyl (C=O) groups is 3. The Labute approximate surface area is 182 Å². The zero-order chi connectivity index (χ0) is 22.0. The highest BCUT2D eigenvalue weighted by Gasteiger charge is 2.55. The van der Waals surface area contributed by atoms with Crippen molar-refractivity contribution in [2.75, 3.05) is 7.11 Å². The van der Waals surface area contributed by atoms with Gasteiger partial charge in [0, 0.05) is 12.1 Å². The highest BCUT2D eigenvalue weighted by atomic mass is 16.5. The molecule has 1 fully saturated rings. The third-order valence-corrected chi connectivity index (χ3v) is 6.65. The molecule has 1 heterocycles. The van der Waals surface area contributed by atoms with Gasteiger partial charge in [-0.1, -0.05) is 61.4 Å². The molecule has 6 heteroatoms. The maximum absolute atomic E-state index is 13.6. The second-order valence-corrected chi connectivity index (χ2v) is 8.46. The first kappa shape index (κ1) is 21.1. The molecule has 2 amide bonds. The van der Waals surface area contributed by atoms with Crippen molar-refractivity contribution >= 4 is 17.8 Å². The predicted octanol–water partition coefficient (Wildman–Crippen LogP) is 3.42. The van der Waals surface area contributed by atoms with Crippen LogP contribution in [-0.2, 0) is 20.9 Å². The van der Waals surface area contributed by atoms with E-state index in [9.17, 15) is 14.4 Å². The molecule has 0 aromatic heterocycles. The monoisotopic (exact) mass is 420 g/mol. The number of esters is 1. The lowest BCUT2D eigenvalue weighted by Crippen LogP contribution is -2.61. The molecular formula is C25H28N2O4. The second-order valence-electron chi connectivity index (χ2n) is 8.46. The van der Waals surface area contributed by atoms with Crippen LogP contribution in [0.1, 0.15) is 60.0 Å². The van der Waals surface area contributed by atoms with Crippen LogP contribution < -0.4 is 5.32 Å². The first-order chi connectivity index (χ1) is 15.0. The van der Waals surface area contributed by atoms with Crippen molar-refractivity contribution in [2.24, 2.45) is 0 Å². The number of benzene rings is 2. The van der Waals surface area contributed by atoms with Crippen molar-refractivity contribution in [3.05, 3.63) is 71.3 Å². The lowest BCUT2D eigenvalue weighted by Gasteiger charge is -2.50. The topological polar surface area (TPSA) is 75.7 Å². The highest BCUT2D eigenvalue weighted by molar-refractivity contribution is 6.02. The number of hydrogen-bond acceptors (Lipinski definition) is 4. The minimum atomic E-state index is -0.761. The molecule has 31 heavy (non-hydrogen) atoms. The fraction of sp³-hybridized carbons (Fsp3) is 0.400. The predicted molar refractivity (Wildman–Crippen MR) is 116 cm³/mol. The standard InChI is InChI=1S/C25H28N2O4/c1-17(24(30)31-2)26-22(28)21-19-12-6-7-13-20(19)23(29)27(25(21)14-8-9-15-25)16-18-10-4-3-5-11-18/h3-7,10-13,17,21H,8-9,14-16H2,1-2H3,(H,26,28)/t17-,21-/m0/s1. The molecule has 2 aliphatic rings. The Morgan fingerprint density at radius 3 is 2.42 bits per heavy atom. The summed E-state index contributed by atoms with van der Waals surface area (Å²) in [5.41, 5.74) is 1.72. The largest absolute Gasteiger partial charge is 0.467 e. The minimum absolute atomic E-state index is 0.0357. The molecule has 1 aliphatic heterocycles. The van der Waals surface area contributed by atoms with Gasteiger partial charge in [-0.2, -0.15) is 0 Å². The lowest BCUT2D eigenvalue weighted by molar-refractivity contribution is -0.145. The molecule has 0 radical (unpaired) electrons. The summed E-state index contributed by atoms with van der Waals surface area (Å²) >= 11 is 0. The van der Waals surface area contributed by atoms with E-state index < -0.39 is 23.5 Å². The summed E-state index contributed by atoms with van der Waals surface area (Å²) in [4.78, 5) is 41.1. The van der Waals surface area contributed by atoms with Crippen molar-refractivity contribution in [2.45, 2.75) is 56.7 Å². The van der Waals surface area contributed by atoms with E-state index in [0.717, 1.165) is 36.8 Å². The first-order valence-corrected chi connectivity index (χ1v) is 10.8. The molecule has 6 nitrogen and oxygen atoms in total. The van der Waals surface area contributed by atoms with E-state index in [2.05, 4.69) is 5.32 Å². The molecular weight excluding hydrogens is 392 g/mol. The van der Waals surface area contributed by atoms with E-state index in [1.165, 1.54) is 7.11 Å². The number of ether oxygens (including phenoxy) is 1. The van der Waals surface area contributed by atoms with Crippen LogP contribution in [0.25, 0.3) is 0 Å². The number of amides is 2. The van der Waals surface area contributed by atoms with Gasteiger partial charge < -0.3 is 15.0 Å². The summed E-state index contributed by atoms with van der Waals surface area (Å²) in [5, 5.41) is 2.84. The number of carbonyl (C=O) groups excluding carboxylic acids is 3. The van der Waals surface area contributed by atoms with Gasteiger partial charge >= 0.3 is 5.97 Å². The van der Waals surface area contributed by atoms with Crippen molar-refractivity contribution in [3.63, 3.8) is 0 Å². The molecule has 2 atom stereocenters. The molecule has 1 spiro atoms. The Morgan fingerprint density at radius 2 is 1.74 bits per heavy atom. The van der Waals surface area contributed by atoms with Gasteiger partial charge in [-0.3, -0.25) is 9.59 Å². The van der Waals surface area contributed by atoms with Crippen LogP contribution in [0, 0.1) is 0 Å². The Kier molecular flexibility index (Phi) is 5.81. The number of rotatable bonds is 5. The summed E-state index contributed by atoms with van der Waals surface area (Å²) < 4.78 is 4.79. The van der Waals surface area contributed by atoms with Crippen molar-refractivity contribution in [3.8, 4) is 0 Å². The number of nitrogens with one attached hydrogen (secondary N) is 1. The van der Waals surface area contributed by atoms with E-state index in [4.69, 9.17) is 4.74 Å². The smallest absolute Gasteiger partial charge is 0.328 e. The number of fused-ring (bicyclic) bond motifs is 1. The SMILES string of the molecule is COC(=O)[C@H](C)NC(=O)[C@@H]1c2ccccc2C(=O)N(Cc2ccccc2)C12CCCC2. The van der Waals surface area contributed by atoms with Crippen LogP contribution >= 0.6 is 0 Å². The third-order valence-electron chi connectivity index (χ3n) is 6.65. The van der Waals surface area contributed by atoms with E-state index in [0.29, 0.717) is 12.1 Å². The number of methoxy groups -OCH3 is 1. The van der Waals surface area contributed by atoms with Crippen LogP contribution in [0.5, 0.6) is 0 Å². The van der Waals surface area contributed by atoms with Gasteiger partial charge in [0.2, 0.25) is 5.91 Å². The Balaban J connectivity index is 1.79. The molecule has 1 saturated carbocycles. The first-order valence-electron chi connectivity index (χ1n) is 10.8. The normalized spacial score (nSPS) is 20.3. The van der Waals surface area contributed by atoms with E-state index >= 15 is 0 Å². The summed E-state index contributed by atoms with van der Waals surface area (Å²) in [5.74, 6) is -1.31. The van der Waals surface area contributed by atoms with E-state index in [1.807, 2.05) is 53.4 Å². The Morgan fingerprint density at radius 1 is 1.10 bits per heavy atom. The van der Waals surface area contributed by atoms with Gasteiger partial charge in [0.05, 0.1) is 18.6 Å². The molecule has 1 N–H and O–H groups in total. The Bertz CT molecular complexity index is 982. The Hall–Kier alpha value is -3.15. The van der Waals surface area contributed by atoms with Crippen LogP contribution in [0.3, 0.4) is 0 Å². The molecule has 0 saturated heterocycles. The van der Waals surface area contributed by atoms with Crippen LogP contribution in [0.4, 0.5) is 0 Å². The zero-order valence-corrected chi connectivity index (χ0v) is 18.0. The van der Waals surface area contributed by atoms with Gasteiger partial charge in [-0.05, 0) is 37.0 Å². The van der Waals surface area contributed by atoms with Crippen molar-refractivity contribution in [1.82, 2.24) is 10.2 Å². The lowest BCUT2D eigenvalue weighted by atomic mass is 9.70. The zero-order valence-electron chi connectivity index (χ0n) is 18.0. The van der Waals surface area contributed by atoms with E-state index in [1.54, 1.807) is 13.0 Å². The van der Waals surface area contributed by atoms with E-state index in [-0.39, 0.29) is 11.8 Å². The molecule has 4 rings (SSSR count). The molecule has 1 aliphatic carbocycles. The third kappa shape index (κ3) is 3.71. The van der Waals surface area contributed by atoms with Gasteiger partial charge in [-0.25, -0.2) is 4.79 Å². The summed E-state index contributed by atoms with van der Waals surface area (Å²) in [6.45, 7) is 2.07. The van der Waals surface area contributed by atoms with Gasteiger partial charge in [0.15, 0.2) is 0 Å². The average Bonchev–Trinajstić information content (AvgIpc) is 3.26. The van der Waals surface area contributed by atoms with Crippen LogP contribution in [0.15, 0.2) is 54.6 Å². The van der Waals surface area contributed by atoms with Crippen molar-refractivity contribution in [1.29, 1.82) is 0 Å². The summed E-state index contributed by atoms with van der Waals surface area (Å²) in [6, 6.07) is 16.5. The number of nitrogens with zero attached hydrogens (tertiary/aromatic N) is 1. The maximum atomic E-state index is 13.6. The van der Waals surface area contributed by atoms with Crippen molar-refractivity contribution < 1.29 is 19.1 Å². The molecule has 0 unspecified atom stereocenters. The average molecular weight is 421 g/mol. The fourth-order valence-electron chi connectivity index (χ4n) is 5.20. The highest BCUT2D eigenvalue weighted by Crippen LogP contribution is 2.50. The second kappa shape index (κ2) is 8.53. The van der Waals surface area contributed by atoms with Gasteiger partial charge in [0.1, 0.15) is 6.04 Å². The maximum Gasteiger partial charge on any atom is 0.328 e.